The van der Waals surface area contributed by atoms with Crippen LogP contribution in [-0.4, -0.2) is 71.7 Å². The van der Waals surface area contributed by atoms with E-state index >= 15 is 0 Å². The Balaban J connectivity index is 1.83. The van der Waals surface area contributed by atoms with Gasteiger partial charge in [-0.3, -0.25) is 14.4 Å². The van der Waals surface area contributed by atoms with Gasteiger partial charge in [-0.15, -0.1) is 0 Å². The van der Waals surface area contributed by atoms with Crippen LogP contribution in [0.5, 0.6) is 0 Å². The summed E-state index contributed by atoms with van der Waals surface area (Å²) in [7, 11) is 0. The quantitative estimate of drug-likeness (QED) is 0.334. The number of nitrogens with zero attached hydrogens (tertiary/aromatic N) is 1. The molecule has 0 bridgehead atoms. The fraction of sp³-hybridized carbons (Fsp3) is 0.750. The highest BCUT2D eigenvalue weighted by molar-refractivity contribution is 5.85. The number of carboxylic acids is 1. The van der Waals surface area contributed by atoms with Crippen LogP contribution in [0.4, 0.5) is 0 Å². The van der Waals surface area contributed by atoms with Gasteiger partial charge in [0.05, 0.1) is 12.7 Å². The standard InChI is InChI=1S/C24H38N2O7/c1-6-16-15(5)22(18-14-26(13-17(16)18)20(28)7-2)32-11-10-19(27)25-12-21(29)33-24(8-3,9-4)23(30)31/h15,18,22H,6-14H2,1-5H3,(H,25,27)(H,30,31). The molecular formula is C24H38N2O7. The van der Waals surface area contributed by atoms with Crippen LogP contribution in [0, 0.1) is 11.8 Å². The maximum Gasteiger partial charge on any atom is 0.348 e. The van der Waals surface area contributed by atoms with Crippen molar-refractivity contribution in [3.63, 3.8) is 0 Å². The lowest BCUT2D eigenvalue weighted by Crippen LogP contribution is -2.44. The molecule has 0 spiro atoms. The van der Waals surface area contributed by atoms with E-state index in [2.05, 4.69) is 19.2 Å². The molecule has 33 heavy (non-hydrogen) atoms. The fourth-order valence-corrected chi connectivity index (χ4v) is 4.98. The third-order valence-corrected chi connectivity index (χ3v) is 7.02. The van der Waals surface area contributed by atoms with Crippen molar-refractivity contribution < 1.29 is 33.8 Å². The van der Waals surface area contributed by atoms with Gasteiger partial charge in [-0.2, -0.15) is 0 Å². The lowest BCUT2D eigenvalue weighted by molar-refractivity contribution is -0.179. The second-order valence-electron chi connectivity index (χ2n) is 8.77. The van der Waals surface area contributed by atoms with Crippen LogP contribution in [0.25, 0.3) is 0 Å². The Morgan fingerprint density at radius 3 is 2.36 bits per heavy atom. The number of carboxylic acid groups (broad SMARTS) is 1. The number of esters is 1. The Morgan fingerprint density at radius 2 is 1.82 bits per heavy atom. The van der Waals surface area contributed by atoms with Crippen molar-refractivity contribution in [1.29, 1.82) is 0 Å². The Kier molecular flexibility index (Phi) is 9.46. The monoisotopic (exact) mass is 466 g/mol. The van der Waals surface area contributed by atoms with E-state index in [9.17, 15) is 24.3 Å². The van der Waals surface area contributed by atoms with Crippen molar-refractivity contribution in [2.45, 2.75) is 78.4 Å². The molecule has 0 saturated carbocycles. The molecule has 3 unspecified atom stereocenters. The van der Waals surface area contributed by atoms with E-state index in [1.54, 1.807) is 13.8 Å². The summed E-state index contributed by atoms with van der Waals surface area (Å²) in [5.41, 5.74) is 1.08. The zero-order valence-electron chi connectivity index (χ0n) is 20.4. The van der Waals surface area contributed by atoms with Crippen LogP contribution in [0.15, 0.2) is 11.1 Å². The average molecular weight is 467 g/mol. The van der Waals surface area contributed by atoms with Gasteiger partial charge < -0.3 is 24.8 Å². The summed E-state index contributed by atoms with van der Waals surface area (Å²) in [5, 5.41) is 11.8. The van der Waals surface area contributed by atoms with Crippen LogP contribution >= 0.6 is 0 Å². The summed E-state index contributed by atoms with van der Waals surface area (Å²) in [6, 6.07) is 0. The number of amides is 2. The van der Waals surface area contributed by atoms with Gasteiger partial charge in [0.15, 0.2) is 0 Å². The predicted molar refractivity (Wildman–Crippen MR) is 121 cm³/mol. The smallest absolute Gasteiger partial charge is 0.348 e. The van der Waals surface area contributed by atoms with Crippen LogP contribution in [0.1, 0.15) is 66.7 Å². The molecule has 2 aliphatic rings. The van der Waals surface area contributed by atoms with Crippen LogP contribution < -0.4 is 5.32 Å². The number of likely N-dealkylation sites (tertiary alicyclic amines) is 1. The summed E-state index contributed by atoms with van der Waals surface area (Å²) in [4.78, 5) is 49.7. The zero-order valence-corrected chi connectivity index (χ0v) is 20.4. The van der Waals surface area contributed by atoms with Gasteiger partial charge in [0.1, 0.15) is 6.54 Å². The molecule has 0 aromatic rings. The SMILES string of the molecule is CCC(=O)N1CC2=C(CC)C(C)C(OCCC(=O)NCC(=O)OC(CC)(CC)C(=O)O)C2C1. The number of aliphatic carboxylic acids is 1. The van der Waals surface area contributed by atoms with Gasteiger partial charge in [0.2, 0.25) is 17.4 Å². The van der Waals surface area contributed by atoms with E-state index in [1.165, 1.54) is 11.1 Å². The minimum atomic E-state index is -1.57. The fourth-order valence-electron chi connectivity index (χ4n) is 4.98. The van der Waals surface area contributed by atoms with Crippen LogP contribution in [0.3, 0.4) is 0 Å². The average Bonchev–Trinajstić information content (AvgIpc) is 3.32. The summed E-state index contributed by atoms with van der Waals surface area (Å²) >= 11 is 0. The number of rotatable bonds is 12. The van der Waals surface area contributed by atoms with Gasteiger partial charge in [-0.25, -0.2) is 4.79 Å². The Bertz CT molecular complexity index is 788. The van der Waals surface area contributed by atoms with Crippen LogP contribution in [-0.2, 0) is 28.7 Å². The van der Waals surface area contributed by atoms with Crippen molar-refractivity contribution in [3.8, 4) is 0 Å². The second-order valence-corrected chi connectivity index (χ2v) is 8.77. The maximum atomic E-state index is 12.2. The molecule has 9 heteroatoms. The van der Waals surface area contributed by atoms with Crippen molar-refractivity contribution in [2.24, 2.45) is 11.8 Å². The van der Waals surface area contributed by atoms with Crippen molar-refractivity contribution in [1.82, 2.24) is 10.2 Å². The van der Waals surface area contributed by atoms with E-state index < -0.39 is 24.1 Å². The number of carbonyl (C=O) groups is 4. The summed E-state index contributed by atoms with van der Waals surface area (Å²) in [6.07, 6.45) is 1.68. The first-order valence-electron chi connectivity index (χ1n) is 12.0. The van der Waals surface area contributed by atoms with Gasteiger partial charge >= 0.3 is 11.9 Å². The molecule has 1 fully saturated rings. The third kappa shape index (κ3) is 5.93. The normalized spacial score (nSPS) is 22.3. The number of hydrogen-bond acceptors (Lipinski definition) is 6. The molecule has 0 aromatic heterocycles. The van der Waals surface area contributed by atoms with Crippen molar-refractivity contribution in [2.75, 3.05) is 26.2 Å². The Labute approximate surface area is 195 Å². The van der Waals surface area contributed by atoms with Crippen LogP contribution in [0.2, 0.25) is 0 Å². The number of fused-ring (bicyclic) bond motifs is 1. The van der Waals surface area contributed by atoms with Gasteiger partial charge in [0.25, 0.3) is 0 Å². The molecule has 1 heterocycles. The van der Waals surface area contributed by atoms with E-state index in [1.807, 2.05) is 11.8 Å². The van der Waals surface area contributed by atoms with E-state index in [0.717, 1.165) is 6.42 Å². The topological polar surface area (TPSA) is 122 Å². The van der Waals surface area contributed by atoms with E-state index in [0.29, 0.717) is 19.5 Å². The first-order valence-corrected chi connectivity index (χ1v) is 12.0. The molecule has 2 N–H and O–H groups in total. The molecule has 1 aliphatic heterocycles. The first-order chi connectivity index (χ1) is 15.6. The van der Waals surface area contributed by atoms with E-state index in [-0.39, 0.29) is 55.6 Å². The molecule has 1 aliphatic carbocycles. The van der Waals surface area contributed by atoms with Crippen molar-refractivity contribution >= 4 is 23.8 Å². The largest absolute Gasteiger partial charge is 0.478 e. The van der Waals surface area contributed by atoms with Gasteiger partial charge in [-0.1, -0.05) is 40.2 Å². The third-order valence-electron chi connectivity index (χ3n) is 7.02. The number of hydrogen-bond donors (Lipinski definition) is 2. The molecule has 0 aromatic carbocycles. The summed E-state index contributed by atoms with van der Waals surface area (Å²) in [6.45, 7) is 10.5. The molecule has 186 valence electrons. The summed E-state index contributed by atoms with van der Waals surface area (Å²) < 4.78 is 11.2. The molecule has 2 amide bonds. The number of nitrogens with one attached hydrogen (secondary N) is 1. The first kappa shape index (κ1) is 26.8. The minimum absolute atomic E-state index is 0.0727. The highest BCUT2D eigenvalue weighted by Gasteiger charge is 2.46. The van der Waals surface area contributed by atoms with Crippen molar-refractivity contribution in [3.05, 3.63) is 11.1 Å². The Morgan fingerprint density at radius 1 is 1.15 bits per heavy atom. The lowest BCUT2D eigenvalue weighted by atomic mass is 9.96. The summed E-state index contributed by atoms with van der Waals surface area (Å²) in [5.74, 6) is -1.81. The highest BCUT2D eigenvalue weighted by Crippen LogP contribution is 2.44. The van der Waals surface area contributed by atoms with Gasteiger partial charge in [-0.05, 0) is 24.8 Å². The number of carbonyl (C=O) groups excluding carboxylic acids is 3. The number of ether oxygens (including phenoxy) is 2. The second kappa shape index (κ2) is 11.6. The zero-order chi connectivity index (χ0) is 24.8. The molecule has 3 atom stereocenters. The molecular weight excluding hydrogens is 428 g/mol. The van der Waals surface area contributed by atoms with Gasteiger partial charge in [0, 0.05) is 37.8 Å². The highest BCUT2D eigenvalue weighted by atomic mass is 16.6. The molecule has 0 radical (unpaired) electrons. The lowest BCUT2D eigenvalue weighted by Gasteiger charge is -2.26. The van der Waals surface area contributed by atoms with E-state index in [4.69, 9.17) is 9.47 Å². The minimum Gasteiger partial charge on any atom is -0.478 e. The molecule has 9 nitrogen and oxygen atoms in total. The maximum absolute atomic E-state index is 12.2. The molecule has 2 rings (SSSR count). The molecule has 1 saturated heterocycles. The Hall–Kier alpha value is -2.42. The predicted octanol–water partition coefficient (Wildman–Crippen LogP) is 2.29.